The number of hydrazone groups is 1. The third-order valence-electron chi connectivity index (χ3n) is 4.54. The van der Waals surface area contributed by atoms with Crippen molar-refractivity contribution in [3.63, 3.8) is 0 Å². The van der Waals surface area contributed by atoms with E-state index in [1.165, 1.54) is 5.56 Å². The maximum atomic E-state index is 12.9. The van der Waals surface area contributed by atoms with Crippen LogP contribution in [0.5, 0.6) is 0 Å². The van der Waals surface area contributed by atoms with Gasteiger partial charge in [0.1, 0.15) is 0 Å². The van der Waals surface area contributed by atoms with E-state index in [0.717, 1.165) is 17.5 Å². The minimum Gasteiger partial charge on any atom is -0.382 e. The highest BCUT2D eigenvalue weighted by atomic mass is 16.5. The number of nitrogens with zero attached hydrogens (tertiary/aromatic N) is 3. The first-order chi connectivity index (χ1) is 13.6. The third-order valence-corrected chi connectivity index (χ3v) is 4.54. The number of hydrogen-bond donors (Lipinski definition) is 1. The van der Waals surface area contributed by atoms with E-state index in [2.05, 4.69) is 33.7 Å². The predicted octanol–water partition coefficient (Wildman–Crippen LogP) is 3.89. The zero-order valence-electron chi connectivity index (χ0n) is 16.6. The molecule has 0 bridgehead atoms. The van der Waals surface area contributed by atoms with E-state index in [1.54, 1.807) is 16.8 Å². The largest absolute Gasteiger partial charge is 0.382 e. The summed E-state index contributed by atoms with van der Waals surface area (Å²) in [5, 5.41) is 4.94. The summed E-state index contributed by atoms with van der Waals surface area (Å²) in [4.78, 5) is 17.5. The molecule has 0 spiro atoms. The van der Waals surface area contributed by atoms with Crippen molar-refractivity contribution in [1.82, 2.24) is 9.55 Å². The Balaban J connectivity index is 1.90. The second kappa shape index (κ2) is 9.28. The van der Waals surface area contributed by atoms with E-state index in [1.807, 2.05) is 39.0 Å². The van der Waals surface area contributed by atoms with Crippen LogP contribution in [0.3, 0.4) is 0 Å². The van der Waals surface area contributed by atoms with Gasteiger partial charge in [-0.15, -0.1) is 0 Å². The number of aryl methyl sites for hydroxylation is 2. The minimum absolute atomic E-state index is 0.0773. The molecule has 0 aliphatic rings. The molecule has 6 heteroatoms. The average molecular weight is 378 g/mol. The Labute approximate surface area is 164 Å². The monoisotopic (exact) mass is 378 g/mol. The summed E-state index contributed by atoms with van der Waals surface area (Å²) in [6, 6.07) is 13.6. The van der Waals surface area contributed by atoms with Gasteiger partial charge in [-0.2, -0.15) is 5.10 Å². The van der Waals surface area contributed by atoms with Crippen LogP contribution in [0.2, 0.25) is 0 Å². The Hall–Kier alpha value is -2.99. The molecule has 0 amide bonds. The molecule has 2 aromatic carbocycles. The molecule has 0 radical (unpaired) electrons. The Morgan fingerprint density at radius 1 is 1.21 bits per heavy atom. The Morgan fingerprint density at radius 3 is 2.86 bits per heavy atom. The molecular formula is C22H26N4O2. The summed E-state index contributed by atoms with van der Waals surface area (Å²) >= 11 is 0. The highest BCUT2D eigenvalue weighted by Crippen LogP contribution is 2.12. The molecule has 1 heterocycles. The molecule has 1 N–H and O–H groups in total. The maximum Gasteiger partial charge on any atom is 0.262 e. The van der Waals surface area contributed by atoms with Gasteiger partial charge in [-0.1, -0.05) is 35.9 Å². The zero-order valence-corrected chi connectivity index (χ0v) is 16.6. The van der Waals surface area contributed by atoms with Crippen molar-refractivity contribution >= 4 is 23.1 Å². The summed E-state index contributed by atoms with van der Waals surface area (Å²) in [6.07, 6.45) is 2.48. The van der Waals surface area contributed by atoms with Gasteiger partial charge in [0.25, 0.3) is 5.56 Å². The maximum absolute atomic E-state index is 12.9. The molecule has 0 unspecified atom stereocenters. The van der Waals surface area contributed by atoms with Crippen molar-refractivity contribution in [3.05, 3.63) is 69.5 Å². The Kier molecular flexibility index (Phi) is 6.55. The number of nitrogens with one attached hydrogen (secondary N) is 1. The zero-order chi connectivity index (χ0) is 19.9. The van der Waals surface area contributed by atoms with Crippen LogP contribution in [0.4, 0.5) is 5.95 Å². The van der Waals surface area contributed by atoms with E-state index in [0.29, 0.717) is 36.6 Å². The van der Waals surface area contributed by atoms with Crippen LogP contribution < -0.4 is 11.0 Å². The summed E-state index contributed by atoms with van der Waals surface area (Å²) in [6.45, 7) is 7.82. The van der Waals surface area contributed by atoms with Gasteiger partial charge >= 0.3 is 0 Å². The first kappa shape index (κ1) is 19.8. The van der Waals surface area contributed by atoms with E-state index < -0.39 is 0 Å². The van der Waals surface area contributed by atoms with Gasteiger partial charge in [-0.05, 0) is 50.5 Å². The molecule has 28 heavy (non-hydrogen) atoms. The van der Waals surface area contributed by atoms with Crippen LogP contribution in [0.25, 0.3) is 10.9 Å². The smallest absolute Gasteiger partial charge is 0.262 e. The lowest BCUT2D eigenvalue weighted by atomic mass is 10.1. The molecule has 0 saturated heterocycles. The summed E-state index contributed by atoms with van der Waals surface area (Å²) in [5.74, 6) is 0.432. The second-order valence-corrected chi connectivity index (χ2v) is 6.69. The molecule has 0 atom stereocenters. The lowest BCUT2D eigenvalue weighted by molar-refractivity contribution is 0.141. The fourth-order valence-corrected chi connectivity index (χ4v) is 2.99. The quantitative estimate of drug-likeness (QED) is 0.367. The molecular weight excluding hydrogens is 352 g/mol. The van der Waals surface area contributed by atoms with Crippen molar-refractivity contribution in [1.29, 1.82) is 0 Å². The number of aromatic nitrogens is 2. The molecule has 0 aliphatic heterocycles. The standard InChI is InChI=1S/C22H26N4O2/c1-4-28-13-7-12-26-21(27)19-8-5-6-9-20(19)24-22(26)25-23-15-18-14-16(2)10-11-17(18)3/h5-6,8-11,14-15H,4,7,12-13H2,1-3H3,(H,24,25)/b23-15-. The Bertz CT molecular complexity index is 1040. The van der Waals surface area contributed by atoms with Gasteiger partial charge in [0.05, 0.1) is 17.1 Å². The van der Waals surface area contributed by atoms with Gasteiger partial charge in [0.15, 0.2) is 0 Å². The lowest BCUT2D eigenvalue weighted by Crippen LogP contribution is -2.25. The van der Waals surface area contributed by atoms with Gasteiger partial charge in [-0.3, -0.25) is 9.36 Å². The Morgan fingerprint density at radius 2 is 2.04 bits per heavy atom. The molecule has 3 rings (SSSR count). The fourth-order valence-electron chi connectivity index (χ4n) is 2.99. The van der Waals surface area contributed by atoms with Crippen molar-refractivity contribution in [3.8, 4) is 0 Å². The van der Waals surface area contributed by atoms with E-state index >= 15 is 0 Å². The summed E-state index contributed by atoms with van der Waals surface area (Å²) in [5.41, 5.74) is 6.87. The molecule has 6 nitrogen and oxygen atoms in total. The number of ether oxygens (including phenoxy) is 1. The number of rotatable bonds is 8. The summed E-state index contributed by atoms with van der Waals surface area (Å²) < 4.78 is 7.03. The van der Waals surface area contributed by atoms with Crippen LogP contribution in [0.1, 0.15) is 30.0 Å². The number of benzene rings is 2. The van der Waals surface area contributed by atoms with Crippen LogP contribution in [0.15, 0.2) is 52.4 Å². The van der Waals surface area contributed by atoms with Crippen LogP contribution in [-0.4, -0.2) is 29.0 Å². The fraction of sp³-hybridized carbons (Fsp3) is 0.318. The average Bonchev–Trinajstić information content (AvgIpc) is 2.69. The van der Waals surface area contributed by atoms with E-state index in [4.69, 9.17) is 4.74 Å². The molecule has 0 saturated carbocycles. The van der Waals surface area contributed by atoms with Crippen LogP contribution in [-0.2, 0) is 11.3 Å². The molecule has 146 valence electrons. The van der Waals surface area contributed by atoms with Gasteiger partial charge in [0.2, 0.25) is 5.95 Å². The molecule has 0 aliphatic carbocycles. The normalized spacial score (nSPS) is 11.4. The topological polar surface area (TPSA) is 68.5 Å². The van der Waals surface area contributed by atoms with Gasteiger partial charge in [0, 0.05) is 19.8 Å². The van der Waals surface area contributed by atoms with Crippen molar-refractivity contribution in [2.75, 3.05) is 18.6 Å². The number of fused-ring (bicyclic) bond motifs is 1. The SMILES string of the molecule is CCOCCCn1c(N/N=C\c2cc(C)ccc2C)nc2ccccc2c1=O. The van der Waals surface area contributed by atoms with Crippen molar-refractivity contribution < 1.29 is 4.74 Å². The van der Waals surface area contributed by atoms with Crippen molar-refractivity contribution in [2.45, 2.75) is 33.7 Å². The highest BCUT2D eigenvalue weighted by Gasteiger charge is 2.10. The van der Waals surface area contributed by atoms with E-state index in [9.17, 15) is 4.79 Å². The van der Waals surface area contributed by atoms with Gasteiger partial charge < -0.3 is 4.74 Å². The molecule has 1 aromatic heterocycles. The third kappa shape index (κ3) is 4.64. The second-order valence-electron chi connectivity index (χ2n) is 6.69. The first-order valence-corrected chi connectivity index (χ1v) is 9.54. The molecule has 3 aromatic rings. The van der Waals surface area contributed by atoms with Crippen LogP contribution >= 0.6 is 0 Å². The number of para-hydroxylation sites is 1. The predicted molar refractivity (Wildman–Crippen MR) is 114 cm³/mol. The number of anilines is 1. The minimum atomic E-state index is -0.0773. The highest BCUT2D eigenvalue weighted by molar-refractivity contribution is 5.82. The van der Waals surface area contributed by atoms with Crippen LogP contribution in [0, 0.1) is 13.8 Å². The molecule has 0 fully saturated rings. The first-order valence-electron chi connectivity index (χ1n) is 9.54. The van der Waals surface area contributed by atoms with E-state index in [-0.39, 0.29) is 5.56 Å². The van der Waals surface area contributed by atoms with Gasteiger partial charge in [-0.25, -0.2) is 10.4 Å². The number of hydrogen-bond acceptors (Lipinski definition) is 5. The van der Waals surface area contributed by atoms with Crippen molar-refractivity contribution in [2.24, 2.45) is 5.10 Å². The lowest BCUT2D eigenvalue weighted by Gasteiger charge is -2.12. The summed E-state index contributed by atoms with van der Waals surface area (Å²) in [7, 11) is 0.